The van der Waals surface area contributed by atoms with E-state index in [0.29, 0.717) is 25.0 Å². The maximum absolute atomic E-state index is 13.4. The number of allylic oxidation sites excluding steroid dienone is 3. The minimum Gasteiger partial charge on any atom is -0.300 e. The van der Waals surface area contributed by atoms with Crippen LogP contribution in [0.25, 0.3) is 0 Å². The first-order valence-electron chi connectivity index (χ1n) is 8.89. The number of rotatable bonds is 8. The predicted molar refractivity (Wildman–Crippen MR) is 101 cm³/mol. The molecule has 1 aromatic carbocycles. The van der Waals surface area contributed by atoms with Gasteiger partial charge in [-0.05, 0) is 32.9 Å². The van der Waals surface area contributed by atoms with E-state index in [1.807, 2.05) is 49.2 Å². The molecule has 1 aliphatic rings. The zero-order valence-electron chi connectivity index (χ0n) is 15.9. The first-order chi connectivity index (χ1) is 12.3. The van der Waals surface area contributed by atoms with Crippen LogP contribution in [0.4, 0.5) is 0 Å². The number of hydrogen-bond acceptors (Lipinski definition) is 4. The van der Waals surface area contributed by atoms with Crippen LogP contribution < -0.4 is 0 Å². The van der Waals surface area contributed by atoms with Crippen molar-refractivity contribution in [1.82, 2.24) is 4.90 Å². The third kappa shape index (κ3) is 4.44. The van der Waals surface area contributed by atoms with E-state index in [1.54, 1.807) is 13.0 Å². The summed E-state index contributed by atoms with van der Waals surface area (Å²) in [5, 5.41) is 0. The van der Waals surface area contributed by atoms with Gasteiger partial charge in [-0.2, -0.15) is 0 Å². The van der Waals surface area contributed by atoms with Crippen LogP contribution in [0.2, 0.25) is 0 Å². The highest BCUT2D eigenvalue weighted by Crippen LogP contribution is 2.30. The van der Waals surface area contributed by atoms with Crippen molar-refractivity contribution in [1.29, 1.82) is 0 Å². The highest BCUT2D eigenvalue weighted by atomic mass is 16.1. The summed E-state index contributed by atoms with van der Waals surface area (Å²) in [6, 6.07) is 9.89. The molecule has 1 radical (unpaired) electrons. The number of Topliss-reactive ketones (excluding diaryl/α,β-unsaturated/α-hetero) is 3. The zero-order valence-corrected chi connectivity index (χ0v) is 15.9. The summed E-state index contributed by atoms with van der Waals surface area (Å²) in [5.41, 5.74) is 0.708. The highest BCUT2D eigenvalue weighted by Gasteiger charge is 2.41. The summed E-state index contributed by atoms with van der Waals surface area (Å²) < 4.78 is 0. The van der Waals surface area contributed by atoms with Crippen molar-refractivity contribution < 1.29 is 14.4 Å². The summed E-state index contributed by atoms with van der Waals surface area (Å²) in [4.78, 5) is 38.9. The maximum Gasteiger partial charge on any atom is 0.179 e. The Hall–Kier alpha value is -2.33. The normalized spacial score (nSPS) is 19.2. The summed E-state index contributed by atoms with van der Waals surface area (Å²) in [6.07, 6.45) is 6.55. The van der Waals surface area contributed by atoms with Gasteiger partial charge in [-0.3, -0.25) is 14.5 Å². The summed E-state index contributed by atoms with van der Waals surface area (Å²) in [7, 11) is 1.89. The van der Waals surface area contributed by atoms with Gasteiger partial charge in [-0.1, -0.05) is 49.4 Å². The van der Waals surface area contributed by atoms with Gasteiger partial charge in [-0.15, -0.1) is 0 Å². The van der Waals surface area contributed by atoms with Crippen LogP contribution in [0.1, 0.15) is 39.2 Å². The van der Waals surface area contributed by atoms with Gasteiger partial charge in [0.05, 0.1) is 5.54 Å². The van der Waals surface area contributed by atoms with Gasteiger partial charge in [0.15, 0.2) is 11.6 Å². The van der Waals surface area contributed by atoms with E-state index in [2.05, 4.69) is 6.08 Å². The topological polar surface area (TPSA) is 54.5 Å². The van der Waals surface area contributed by atoms with Crippen molar-refractivity contribution in [2.24, 2.45) is 5.92 Å². The lowest BCUT2D eigenvalue weighted by Crippen LogP contribution is -2.52. The molecule has 4 heteroatoms. The lowest BCUT2D eigenvalue weighted by Gasteiger charge is -2.39. The molecule has 0 bridgehead atoms. The van der Waals surface area contributed by atoms with E-state index < -0.39 is 11.5 Å². The minimum atomic E-state index is -0.868. The van der Waals surface area contributed by atoms with Crippen molar-refractivity contribution in [3.63, 3.8) is 0 Å². The quantitative estimate of drug-likeness (QED) is 0.720. The van der Waals surface area contributed by atoms with Crippen molar-refractivity contribution in [3.05, 3.63) is 59.7 Å². The SMILES string of the molecule is CC(=O)CCC(C)(C(=O)C1=CC=[C]C(=O)C1C)N(C)Cc1ccccc1. The first kappa shape index (κ1) is 20.0. The van der Waals surface area contributed by atoms with E-state index in [-0.39, 0.29) is 17.3 Å². The number of nitrogens with zero attached hydrogens (tertiary/aromatic N) is 1. The average molecular weight is 352 g/mol. The van der Waals surface area contributed by atoms with Crippen LogP contribution in [-0.4, -0.2) is 34.8 Å². The molecule has 0 aliphatic heterocycles. The summed E-state index contributed by atoms with van der Waals surface area (Å²) in [5.74, 6) is -0.743. The number of carbonyl (C=O) groups excluding carboxylic acids is 3. The van der Waals surface area contributed by atoms with Gasteiger partial charge in [0, 0.05) is 30.5 Å². The minimum absolute atomic E-state index is 0.0483. The van der Waals surface area contributed by atoms with Crippen LogP contribution in [-0.2, 0) is 20.9 Å². The van der Waals surface area contributed by atoms with E-state index in [0.717, 1.165) is 5.56 Å². The molecule has 0 heterocycles. The van der Waals surface area contributed by atoms with Crippen molar-refractivity contribution in [3.8, 4) is 0 Å². The number of likely N-dealkylation sites (N-methyl/N-ethyl adjacent to an activating group) is 1. The monoisotopic (exact) mass is 352 g/mol. The van der Waals surface area contributed by atoms with E-state index in [9.17, 15) is 14.4 Å². The fourth-order valence-electron chi connectivity index (χ4n) is 3.14. The number of hydrogen-bond donors (Lipinski definition) is 0. The van der Waals surface area contributed by atoms with Gasteiger partial charge < -0.3 is 4.79 Å². The number of carbonyl (C=O) groups is 3. The molecular weight excluding hydrogens is 326 g/mol. The molecule has 0 fully saturated rings. The molecule has 26 heavy (non-hydrogen) atoms. The summed E-state index contributed by atoms with van der Waals surface area (Å²) in [6.45, 7) is 5.71. The Kier molecular flexibility index (Phi) is 6.43. The lowest BCUT2D eigenvalue weighted by molar-refractivity contribution is -0.129. The standard InChI is InChI=1S/C22H26NO3/c1-16(24)13-14-22(3,23(4)15-18-9-6-5-7-10-18)21(26)19-11-8-12-20(25)17(19)2/h5-11,17H,13-15H2,1-4H3. The fourth-order valence-corrected chi connectivity index (χ4v) is 3.14. The summed E-state index contributed by atoms with van der Waals surface area (Å²) >= 11 is 0. The van der Waals surface area contributed by atoms with Gasteiger partial charge in [0.2, 0.25) is 0 Å². The second kappa shape index (κ2) is 8.37. The lowest BCUT2D eigenvalue weighted by atomic mass is 9.78. The van der Waals surface area contributed by atoms with Gasteiger partial charge in [0.25, 0.3) is 0 Å². The van der Waals surface area contributed by atoms with Crippen LogP contribution in [0.3, 0.4) is 0 Å². The highest BCUT2D eigenvalue weighted by molar-refractivity contribution is 6.09. The second-order valence-electron chi connectivity index (χ2n) is 7.17. The van der Waals surface area contributed by atoms with Crippen molar-refractivity contribution in [2.75, 3.05) is 7.05 Å². The molecule has 2 rings (SSSR count). The molecular formula is C22H26NO3. The molecule has 2 atom stereocenters. The van der Waals surface area contributed by atoms with E-state index >= 15 is 0 Å². The Balaban J connectivity index is 2.32. The van der Waals surface area contributed by atoms with Crippen LogP contribution >= 0.6 is 0 Å². The predicted octanol–water partition coefficient (Wildman–Crippen LogP) is 3.32. The molecule has 0 spiro atoms. The Bertz CT molecular complexity index is 748. The average Bonchev–Trinajstić information content (AvgIpc) is 2.62. The molecule has 1 aromatic rings. The van der Waals surface area contributed by atoms with Gasteiger partial charge >= 0.3 is 0 Å². The third-order valence-corrected chi connectivity index (χ3v) is 5.17. The van der Waals surface area contributed by atoms with Crippen molar-refractivity contribution in [2.45, 2.75) is 45.7 Å². The molecule has 0 saturated heterocycles. The first-order valence-corrected chi connectivity index (χ1v) is 8.89. The Morgan fingerprint density at radius 3 is 2.50 bits per heavy atom. The molecule has 1 aliphatic carbocycles. The zero-order chi connectivity index (χ0) is 19.3. The fraction of sp³-hybridized carbons (Fsp3) is 0.409. The second-order valence-corrected chi connectivity index (χ2v) is 7.17. The van der Waals surface area contributed by atoms with Gasteiger partial charge in [-0.25, -0.2) is 0 Å². The smallest absolute Gasteiger partial charge is 0.179 e. The van der Waals surface area contributed by atoms with Crippen LogP contribution in [0.5, 0.6) is 0 Å². The molecule has 0 amide bonds. The van der Waals surface area contributed by atoms with Crippen LogP contribution in [0.15, 0.2) is 48.1 Å². The van der Waals surface area contributed by atoms with Crippen LogP contribution in [0, 0.1) is 12.0 Å². The Morgan fingerprint density at radius 2 is 1.88 bits per heavy atom. The van der Waals surface area contributed by atoms with Crippen molar-refractivity contribution >= 4 is 17.3 Å². The Morgan fingerprint density at radius 1 is 1.23 bits per heavy atom. The van der Waals surface area contributed by atoms with E-state index in [1.165, 1.54) is 13.0 Å². The third-order valence-electron chi connectivity index (χ3n) is 5.17. The molecule has 0 N–H and O–H groups in total. The molecule has 2 unspecified atom stereocenters. The molecule has 0 saturated carbocycles. The molecule has 137 valence electrons. The maximum atomic E-state index is 13.4. The van der Waals surface area contributed by atoms with E-state index in [4.69, 9.17) is 0 Å². The number of benzene rings is 1. The molecule has 0 aromatic heterocycles. The molecule has 4 nitrogen and oxygen atoms in total. The number of ketones is 3. The van der Waals surface area contributed by atoms with Gasteiger partial charge in [0.1, 0.15) is 5.78 Å². The Labute approximate surface area is 155 Å². The largest absolute Gasteiger partial charge is 0.300 e.